The zero-order valence-electron chi connectivity index (χ0n) is 10.1. The number of benzene rings is 1. The van der Waals surface area contributed by atoms with Crippen LogP contribution < -0.4 is 10.5 Å². The topological polar surface area (TPSA) is 98.0 Å². The molecule has 0 amide bonds. The van der Waals surface area contributed by atoms with Gasteiger partial charge in [0.15, 0.2) is 5.13 Å². The average Bonchev–Trinajstić information content (AvgIpc) is 2.90. The molecule has 2 aromatic heterocycles. The third-order valence-corrected chi connectivity index (χ3v) is 4.80. The van der Waals surface area contributed by atoms with E-state index >= 15 is 0 Å². The third-order valence-electron chi connectivity index (χ3n) is 2.65. The Morgan fingerprint density at radius 2 is 2.05 bits per heavy atom. The summed E-state index contributed by atoms with van der Waals surface area (Å²) < 4.78 is 26.9. The fourth-order valence-corrected chi connectivity index (χ4v) is 3.56. The molecule has 0 aliphatic rings. The first-order chi connectivity index (χ1) is 9.54. The molecule has 102 valence electrons. The van der Waals surface area contributed by atoms with E-state index in [2.05, 4.69) is 14.7 Å². The number of anilines is 2. The molecule has 2 heterocycles. The van der Waals surface area contributed by atoms with E-state index < -0.39 is 10.0 Å². The summed E-state index contributed by atoms with van der Waals surface area (Å²) in [5.41, 5.74) is 6.24. The zero-order chi connectivity index (χ0) is 14.2. The first kappa shape index (κ1) is 12.8. The second-order valence-corrected chi connectivity index (χ2v) is 6.61. The van der Waals surface area contributed by atoms with Gasteiger partial charge in [0.05, 0.1) is 10.4 Å². The fourth-order valence-electron chi connectivity index (χ4n) is 1.73. The zero-order valence-corrected chi connectivity index (χ0v) is 11.8. The van der Waals surface area contributed by atoms with Crippen LogP contribution in [0.1, 0.15) is 0 Å². The first-order valence-corrected chi connectivity index (χ1v) is 7.99. The lowest BCUT2D eigenvalue weighted by Crippen LogP contribution is -2.12. The van der Waals surface area contributed by atoms with Gasteiger partial charge in [-0.3, -0.25) is 4.72 Å². The Kier molecular flexibility index (Phi) is 3.03. The van der Waals surface area contributed by atoms with Gasteiger partial charge >= 0.3 is 0 Å². The third kappa shape index (κ3) is 2.43. The molecule has 0 aliphatic carbocycles. The molecule has 0 fully saturated rings. The summed E-state index contributed by atoms with van der Waals surface area (Å²) in [7, 11) is -3.65. The molecule has 3 aromatic rings. The summed E-state index contributed by atoms with van der Waals surface area (Å²) in [5.74, 6) is 0.397. The molecule has 0 atom stereocenters. The van der Waals surface area contributed by atoms with Gasteiger partial charge in [-0.05, 0) is 30.3 Å². The standard InChI is InChI=1S/C12H10N4O2S2/c13-11-4-1-8-7-9(2-3-10(8)15-11)20(17,18)16-12-14-5-6-19-12/h1-7H,(H2,13,15)(H,14,16). The van der Waals surface area contributed by atoms with E-state index in [0.29, 0.717) is 21.9 Å². The minimum absolute atomic E-state index is 0.159. The molecule has 6 nitrogen and oxygen atoms in total. The number of nitrogens with two attached hydrogens (primary N) is 1. The van der Waals surface area contributed by atoms with Crippen LogP contribution in [0.25, 0.3) is 10.9 Å². The van der Waals surface area contributed by atoms with E-state index in [0.717, 1.165) is 0 Å². The highest BCUT2D eigenvalue weighted by Gasteiger charge is 2.16. The minimum Gasteiger partial charge on any atom is -0.384 e. The van der Waals surface area contributed by atoms with Crippen molar-refractivity contribution in [2.75, 3.05) is 10.5 Å². The molecular weight excluding hydrogens is 296 g/mol. The van der Waals surface area contributed by atoms with Crippen molar-refractivity contribution in [2.24, 2.45) is 0 Å². The number of thiazole rings is 1. The lowest BCUT2D eigenvalue weighted by atomic mass is 10.2. The van der Waals surface area contributed by atoms with E-state index in [1.54, 1.807) is 29.6 Å². The number of aromatic nitrogens is 2. The van der Waals surface area contributed by atoms with Gasteiger partial charge in [-0.15, -0.1) is 11.3 Å². The van der Waals surface area contributed by atoms with Crippen LogP contribution in [0, 0.1) is 0 Å². The largest absolute Gasteiger partial charge is 0.384 e. The molecule has 8 heteroatoms. The van der Waals surface area contributed by atoms with Gasteiger partial charge < -0.3 is 5.73 Å². The lowest BCUT2D eigenvalue weighted by Gasteiger charge is -2.06. The van der Waals surface area contributed by atoms with Crippen LogP contribution in [-0.2, 0) is 10.0 Å². The Labute approximate surface area is 119 Å². The lowest BCUT2D eigenvalue weighted by molar-refractivity contribution is 0.601. The molecular formula is C12H10N4O2S2. The smallest absolute Gasteiger partial charge is 0.263 e. The van der Waals surface area contributed by atoms with Crippen LogP contribution >= 0.6 is 11.3 Å². The van der Waals surface area contributed by atoms with Gasteiger partial charge in [0, 0.05) is 17.0 Å². The van der Waals surface area contributed by atoms with Crippen molar-refractivity contribution in [3.8, 4) is 0 Å². The summed E-state index contributed by atoms with van der Waals surface area (Å²) in [5, 5.41) is 2.74. The Balaban J connectivity index is 2.03. The average molecular weight is 306 g/mol. The first-order valence-electron chi connectivity index (χ1n) is 5.63. The maximum absolute atomic E-state index is 12.2. The molecule has 0 aliphatic heterocycles. The summed E-state index contributed by atoms with van der Waals surface area (Å²) in [4.78, 5) is 8.19. The number of nitrogens with one attached hydrogen (secondary N) is 1. The van der Waals surface area contributed by atoms with E-state index in [-0.39, 0.29) is 4.90 Å². The number of hydrogen-bond acceptors (Lipinski definition) is 6. The number of hydrogen-bond donors (Lipinski definition) is 2. The number of nitrogen functional groups attached to an aromatic ring is 1. The van der Waals surface area contributed by atoms with E-state index in [4.69, 9.17) is 5.73 Å². The highest BCUT2D eigenvalue weighted by atomic mass is 32.2. The molecule has 0 unspecified atom stereocenters. The van der Waals surface area contributed by atoms with E-state index in [1.807, 2.05) is 0 Å². The van der Waals surface area contributed by atoms with Crippen molar-refractivity contribution in [3.05, 3.63) is 41.9 Å². The summed E-state index contributed by atoms with van der Waals surface area (Å²) in [6, 6.07) is 8.04. The normalized spacial score (nSPS) is 11.6. The predicted molar refractivity (Wildman–Crippen MR) is 79.1 cm³/mol. The molecule has 0 radical (unpaired) electrons. The molecule has 3 N–H and O–H groups in total. The molecule has 0 bridgehead atoms. The van der Waals surface area contributed by atoms with Crippen molar-refractivity contribution < 1.29 is 8.42 Å². The van der Waals surface area contributed by atoms with E-state index in [9.17, 15) is 8.42 Å². The Morgan fingerprint density at radius 1 is 1.20 bits per heavy atom. The van der Waals surface area contributed by atoms with Crippen molar-refractivity contribution in [2.45, 2.75) is 4.90 Å². The van der Waals surface area contributed by atoms with Crippen LogP contribution in [0.5, 0.6) is 0 Å². The number of pyridine rings is 1. The van der Waals surface area contributed by atoms with Gasteiger partial charge in [-0.1, -0.05) is 0 Å². The number of fused-ring (bicyclic) bond motifs is 1. The molecule has 1 aromatic carbocycles. The molecule has 20 heavy (non-hydrogen) atoms. The second-order valence-electron chi connectivity index (χ2n) is 4.03. The SMILES string of the molecule is Nc1ccc2cc(S(=O)(=O)Nc3nccs3)ccc2n1. The highest BCUT2D eigenvalue weighted by molar-refractivity contribution is 7.93. The number of nitrogens with zero attached hydrogens (tertiary/aromatic N) is 2. The van der Waals surface area contributed by atoms with Crippen LogP contribution in [0.4, 0.5) is 10.9 Å². The Bertz CT molecular complexity index is 860. The quantitative estimate of drug-likeness (QED) is 0.772. The maximum atomic E-state index is 12.2. The monoisotopic (exact) mass is 306 g/mol. The molecule has 0 spiro atoms. The Hall–Kier alpha value is -2.19. The second kappa shape index (κ2) is 4.73. The summed E-state index contributed by atoms with van der Waals surface area (Å²) >= 11 is 1.22. The maximum Gasteiger partial charge on any atom is 0.263 e. The fraction of sp³-hybridized carbons (Fsp3) is 0. The van der Waals surface area contributed by atoms with Crippen molar-refractivity contribution >= 4 is 43.2 Å². The summed E-state index contributed by atoms with van der Waals surface area (Å²) in [6.07, 6.45) is 1.54. The predicted octanol–water partition coefficient (Wildman–Crippen LogP) is 2.07. The van der Waals surface area contributed by atoms with Crippen LogP contribution in [0.15, 0.2) is 46.8 Å². The van der Waals surface area contributed by atoms with Crippen molar-refractivity contribution in [1.29, 1.82) is 0 Å². The van der Waals surface area contributed by atoms with E-state index in [1.165, 1.54) is 23.6 Å². The molecule has 3 rings (SSSR count). The van der Waals surface area contributed by atoms with Gasteiger partial charge in [-0.25, -0.2) is 18.4 Å². The van der Waals surface area contributed by atoms with Crippen LogP contribution in [0.2, 0.25) is 0 Å². The van der Waals surface area contributed by atoms with Crippen molar-refractivity contribution in [3.63, 3.8) is 0 Å². The minimum atomic E-state index is -3.65. The van der Waals surface area contributed by atoms with Crippen LogP contribution in [0.3, 0.4) is 0 Å². The Morgan fingerprint density at radius 3 is 2.80 bits per heavy atom. The van der Waals surface area contributed by atoms with Crippen molar-refractivity contribution in [1.82, 2.24) is 9.97 Å². The van der Waals surface area contributed by atoms with Gasteiger partial charge in [-0.2, -0.15) is 0 Å². The van der Waals surface area contributed by atoms with Crippen LogP contribution in [-0.4, -0.2) is 18.4 Å². The summed E-state index contributed by atoms with van der Waals surface area (Å²) in [6.45, 7) is 0. The van der Waals surface area contributed by atoms with Gasteiger partial charge in [0.2, 0.25) is 0 Å². The molecule has 0 saturated carbocycles. The number of rotatable bonds is 3. The molecule has 0 saturated heterocycles. The highest BCUT2D eigenvalue weighted by Crippen LogP contribution is 2.22. The van der Waals surface area contributed by atoms with Gasteiger partial charge in [0.1, 0.15) is 5.82 Å². The van der Waals surface area contributed by atoms with Gasteiger partial charge in [0.25, 0.3) is 10.0 Å². The number of sulfonamides is 1.